The fourth-order valence-corrected chi connectivity index (χ4v) is 2.37. The lowest BCUT2D eigenvalue weighted by atomic mass is 10.0. The molecule has 0 aliphatic rings. The Balaban J connectivity index is 1.98. The van der Waals surface area contributed by atoms with Gasteiger partial charge in [0.25, 0.3) is 5.89 Å². The zero-order chi connectivity index (χ0) is 17.1. The molecule has 0 aliphatic heterocycles. The number of nitrogens with zero attached hydrogens (tertiary/aromatic N) is 3. The van der Waals surface area contributed by atoms with Crippen molar-refractivity contribution in [3.05, 3.63) is 70.6 Å². The molecule has 1 aromatic heterocycles. The molecule has 0 saturated heterocycles. The van der Waals surface area contributed by atoms with Crippen LogP contribution in [0.3, 0.4) is 0 Å². The second-order valence-electron chi connectivity index (χ2n) is 5.82. The van der Waals surface area contributed by atoms with Gasteiger partial charge in [-0.2, -0.15) is 10.2 Å². The van der Waals surface area contributed by atoms with Crippen molar-refractivity contribution in [2.45, 2.75) is 20.8 Å². The van der Waals surface area contributed by atoms with Crippen molar-refractivity contribution in [1.82, 2.24) is 10.1 Å². The monoisotopic (exact) mass is 315 g/mol. The molecule has 4 nitrogen and oxygen atoms in total. The molecule has 2 aromatic carbocycles. The highest BCUT2D eigenvalue weighted by Crippen LogP contribution is 2.22. The number of nitriles is 1. The van der Waals surface area contributed by atoms with Crippen LogP contribution in [0.1, 0.15) is 28.1 Å². The third-order valence-electron chi connectivity index (χ3n) is 3.82. The van der Waals surface area contributed by atoms with Crippen LogP contribution in [0.25, 0.3) is 23.0 Å². The van der Waals surface area contributed by atoms with Crippen LogP contribution in [0.4, 0.5) is 0 Å². The Morgan fingerprint density at radius 3 is 2.46 bits per heavy atom. The van der Waals surface area contributed by atoms with Crippen LogP contribution >= 0.6 is 0 Å². The normalized spacial score (nSPS) is 11.3. The van der Waals surface area contributed by atoms with Crippen LogP contribution < -0.4 is 0 Å². The van der Waals surface area contributed by atoms with Gasteiger partial charge in [0.1, 0.15) is 11.6 Å². The van der Waals surface area contributed by atoms with Gasteiger partial charge < -0.3 is 4.52 Å². The first-order chi connectivity index (χ1) is 11.6. The Morgan fingerprint density at radius 1 is 1.04 bits per heavy atom. The van der Waals surface area contributed by atoms with Crippen LogP contribution in [0.5, 0.6) is 0 Å². The predicted octanol–water partition coefficient (Wildman–Crippen LogP) is 4.73. The lowest BCUT2D eigenvalue weighted by molar-refractivity contribution is 0.409. The molecule has 0 radical (unpaired) electrons. The van der Waals surface area contributed by atoms with Crippen LogP contribution in [-0.4, -0.2) is 10.1 Å². The summed E-state index contributed by atoms with van der Waals surface area (Å²) in [7, 11) is 0. The summed E-state index contributed by atoms with van der Waals surface area (Å²) >= 11 is 0. The van der Waals surface area contributed by atoms with Gasteiger partial charge in [-0.1, -0.05) is 58.7 Å². The molecule has 4 heteroatoms. The zero-order valence-corrected chi connectivity index (χ0v) is 13.9. The van der Waals surface area contributed by atoms with Crippen molar-refractivity contribution >= 4 is 11.6 Å². The van der Waals surface area contributed by atoms with Gasteiger partial charge in [0, 0.05) is 5.56 Å². The summed E-state index contributed by atoms with van der Waals surface area (Å²) in [6.45, 7) is 6.04. The molecule has 0 atom stereocenters. The number of rotatable bonds is 3. The maximum absolute atomic E-state index is 9.47. The predicted molar refractivity (Wildman–Crippen MR) is 93.9 cm³/mol. The van der Waals surface area contributed by atoms with Crippen LogP contribution in [-0.2, 0) is 0 Å². The van der Waals surface area contributed by atoms with E-state index in [1.54, 1.807) is 6.08 Å². The van der Waals surface area contributed by atoms with E-state index in [2.05, 4.69) is 16.2 Å². The maximum Gasteiger partial charge on any atom is 0.268 e. The maximum atomic E-state index is 9.47. The van der Waals surface area contributed by atoms with E-state index in [0.717, 1.165) is 27.8 Å². The van der Waals surface area contributed by atoms with E-state index in [4.69, 9.17) is 4.52 Å². The molecule has 118 valence electrons. The molecule has 0 amide bonds. The highest BCUT2D eigenvalue weighted by molar-refractivity contribution is 5.87. The summed E-state index contributed by atoms with van der Waals surface area (Å²) in [6, 6.07) is 16.1. The third kappa shape index (κ3) is 3.26. The highest BCUT2D eigenvalue weighted by Gasteiger charge is 2.13. The Hall–Kier alpha value is -3.19. The quantitative estimate of drug-likeness (QED) is 0.656. The molecule has 0 spiro atoms. The summed E-state index contributed by atoms with van der Waals surface area (Å²) in [4.78, 5) is 4.36. The molecule has 24 heavy (non-hydrogen) atoms. The number of aryl methyl sites for hydroxylation is 3. The van der Waals surface area contributed by atoms with Gasteiger partial charge in [0.15, 0.2) is 0 Å². The molecule has 0 N–H and O–H groups in total. The first-order valence-corrected chi connectivity index (χ1v) is 7.67. The van der Waals surface area contributed by atoms with Crippen molar-refractivity contribution in [1.29, 1.82) is 5.26 Å². The molecule has 0 bridgehead atoms. The van der Waals surface area contributed by atoms with Gasteiger partial charge in [0.05, 0.1) is 0 Å². The number of hydrogen-bond donors (Lipinski definition) is 0. The Morgan fingerprint density at radius 2 is 1.75 bits per heavy atom. The van der Waals surface area contributed by atoms with E-state index in [0.29, 0.717) is 11.4 Å². The van der Waals surface area contributed by atoms with Gasteiger partial charge in [-0.25, -0.2) is 0 Å². The van der Waals surface area contributed by atoms with E-state index >= 15 is 0 Å². The molecular formula is C20H17N3O. The summed E-state index contributed by atoms with van der Waals surface area (Å²) in [6.07, 6.45) is 1.79. The average molecular weight is 315 g/mol. The van der Waals surface area contributed by atoms with Crippen molar-refractivity contribution in [3.8, 4) is 17.5 Å². The van der Waals surface area contributed by atoms with Gasteiger partial charge in [-0.05, 0) is 38.0 Å². The van der Waals surface area contributed by atoms with Crippen molar-refractivity contribution < 1.29 is 4.52 Å². The third-order valence-corrected chi connectivity index (χ3v) is 3.82. The topological polar surface area (TPSA) is 62.7 Å². The fourth-order valence-electron chi connectivity index (χ4n) is 2.37. The van der Waals surface area contributed by atoms with Gasteiger partial charge in [-0.15, -0.1) is 0 Å². The summed E-state index contributed by atoms with van der Waals surface area (Å²) in [5.41, 5.74) is 5.58. The van der Waals surface area contributed by atoms with E-state index < -0.39 is 0 Å². The minimum absolute atomic E-state index is 0.231. The molecule has 0 saturated carbocycles. The van der Waals surface area contributed by atoms with Gasteiger partial charge >= 0.3 is 0 Å². The minimum atomic E-state index is 0.231. The highest BCUT2D eigenvalue weighted by atomic mass is 16.5. The molecular weight excluding hydrogens is 298 g/mol. The molecule has 3 aromatic rings. The lowest BCUT2D eigenvalue weighted by Gasteiger charge is -2.02. The Kier molecular flexibility index (Phi) is 4.26. The number of hydrogen-bond acceptors (Lipinski definition) is 4. The first-order valence-electron chi connectivity index (χ1n) is 7.67. The van der Waals surface area contributed by atoms with E-state index in [9.17, 15) is 5.26 Å². The number of benzene rings is 2. The number of aromatic nitrogens is 2. The second-order valence-corrected chi connectivity index (χ2v) is 5.82. The van der Waals surface area contributed by atoms with Crippen molar-refractivity contribution in [3.63, 3.8) is 0 Å². The second kappa shape index (κ2) is 6.51. The van der Waals surface area contributed by atoms with Crippen molar-refractivity contribution in [2.24, 2.45) is 0 Å². The molecule has 0 unspecified atom stereocenters. The van der Waals surface area contributed by atoms with Crippen LogP contribution in [0, 0.1) is 32.1 Å². The molecule has 1 heterocycles. The Bertz CT molecular complexity index is 944. The van der Waals surface area contributed by atoms with E-state index in [1.807, 2.05) is 63.2 Å². The SMILES string of the molecule is Cc1ccc(-c2noc(/C(C#N)=C/c3cc(C)ccc3C)n2)cc1. The fraction of sp³-hybridized carbons (Fsp3) is 0.150. The first kappa shape index (κ1) is 15.7. The van der Waals surface area contributed by atoms with Gasteiger partial charge in [0.2, 0.25) is 5.82 Å². The number of allylic oxidation sites excluding steroid dienone is 1. The van der Waals surface area contributed by atoms with E-state index in [1.165, 1.54) is 0 Å². The summed E-state index contributed by atoms with van der Waals surface area (Å²) in [5, 5.41) is 13.5. The average Bonchev–Trinajstić information content (AvgIpc) is 3.06. The zero-order valence-electron chi connectivity index (χ0n) is 13.9. The largest absolute Gasteiger partial charge is 0.333 e. The minimum Gasteiger partial charge on any atom is -0.333 e. The summed E-state index contributed by atoms with van der Waals surface area (Å²) in [5.74, 6) is 0.709. The lowest BCUT2D eigenvalue weighted by Crippen LogP contribution is -1.87. The molecule has 3 rings (SSSR count). The standard InChI is InChI=1S/C20H17N3O/c1-13-5-8-16(9-6-13)19-22-20(24-23-19)18(12-21)11-17-10-14(2)4-7-15(17)3/h4-11H,1-3H3/b18-11+. The smallest absolute Gasteiger partial charge is 0.268 e. The molecule has 0 aliphatic carbocycles. The summed E-state index contributed by atoms with van der Waals surface area (Å²) < 4.78 is 5.29. The molecule has 0 fully saturated rings. The van der Waals surface area contributed by atoms with Crippen LogP contribution in [0.15, 0.2) is 47.0 Å². The van der Waals surface area contributed by atoms with Crippen molar-refractivity contribution in [2.75, 3.05) is 0 Å². The van der Waals surface area contributed by atoms with Gasteiger partial charge in [-0.3, -0.25) is 0 Å². The van der Waals surface area contributed by atoms with Crippen LogP contribution in [0.2, 0.25) is 0 Å². The Labute approximate surface area is 141 Å². The van der Waals surface area contributed by atoms with E-state index in [-0.39, 0.29) is 5.89 Å².